The molecule has 0 spiro atoms. The first kappa shape index (κ1) is 26.2. The van der Waals surface area contributed by atoms with Crippen LogP contribution >= 0.6 is 0 Å². The van der Waals surface area contributed by atoms with E-state index in [1.807, 2.05) is 0 Å². The minimum absolute atomic E-state index is 0.365. The van der Waals surface area contributed by atoms with Gasteiger partial charge in [0.25, 0.3) is 0 Å². The van der Waals surface area contributed by atoms with Crippen LogP contribution in [0.15, 0.2) is 11.6 Å². The maximum atomic E-state index is 13.3. The molecule has 166 valence electrons. The molecule has 0 rings (SSSR count). The minimum atomic E-state index is -8.08. The van der Waals surface area contributed by atoms with Crippen molar-refractivity contribution in [2.75, 3.05) is 0 Å². The van der Waals surface area contributed by atoms with Crippen LogP contribution in [0.2, 0.25) is 0 Å². The number of allylic oxidation sites excluding steroid dienone is 1. The Labute approximate surface area is 145 Å². The minimum Gasteiger partial charge on any atom is -0.478 e. The molecule has 0 aromatic heterocycles. The summed E-state index contributed by atoms with van der Waals surface area (Å²) in [5, 5.41) is 8.30. The van der Waals surface area contributed by atoms with E-state index in [9.17, 15) is 66.3 Å². The first-order chi connectivity index (χ1) is 12.0. The molecule has 28 heavy (non-hydrogen) atoms. The molecule has 0 amide bonds. The molecule has 0 atom stereocenters. The van der Waals surface area contributed by atoms with Crippen molar-refractivity contribution in [2.24, 2.45) is 0 Å². The van der Waals surface area contributed by atoms with Crippen molar-refractivity contribution in [1.82, 2.24) is 0 Å². The molecule has 0 aliphatic carbocycles. The Balaban J connectivity index is 6.31. The van der Waals surface area contributed by atoms with Crippen LogP contribution in [0, 0.1) is 0 Å². The van der Waals surface area contributed by atoms with Crippen LogP contribution in [0.3, 0.4) is 0 Å². The quantitative estimate of drug-likeness (QED) is 0.373. The third-order valence-electron chi connectivity index (χ3n) is 3.34. The highest BCUT2D eigenvalue weighted by molar-refractivity contribution is 5.85. The molecule has 2 nitrogen and oxygen atoms in total. The number of halogens is 14. The lowest BCUT2D eigenvalue weighted by Gasteiger charge is -2.41. The van der Waals surface area contributed by atoms with Crippen LogP contribution in [0.5, 0.6) is 0 Å². The van der Waals surface area contributed by atoms with E-state index in [1.54, 1.807) is 0 Å². The summed E-state index contributed by atoms with van der Waals surface area (Å²) in [4.78, 5) is 10.3. The summed E-state index contributed by atoms with van der Waals surface area (Å²) in [7, 11) is 0. The monoisotopic (exact) mass is 450 g/mol. The Kier molecular flexibility index (Phi) is 6.78. The molecule has 0 saturated carbocycles. The zero-order chi connectivity index (χ0) is 23.1. The fourth-order valence-corrected chi connectivity index (χ4v) is 1.47. The third-order valence-corrected chi connectivity index (χ3v) is 3.34. The Morgan fingerprint density at radius 2 is 1.14 bits per heavy atom. The summed E-state index contributed by atoms with van der Waals surface area (Å²) in [6, 6.07) is 0. The van der Waals surface area contributed by atoms with Crippen molar-refractivity contribution in [1.29, 1.82) is 0 Å². The molecular formula is C12H8F14O2. The van der Waals surface area contributed by atoms with Gasteiger partial charge in [-0.3, -0.25) is 0 Å². The van der Waals surface area contributed by atoms with Crippen LogP contribution in [-0.4, -0.2) is 53.0 Å². The lowest BCUT2D eigenvalue weighted by atomic mass is 9.90. The highest BCUT2D eigenvalue weighted by atomic mass is 19.4. The zero-order valence-corrected chi connectivity index (χ0v) is 13.0. The van der Waals surface area contributed by atoms with Crippen molar-refractivity contribution in [3.63, 3.8) is 0 Å². The van der Waals surface area contributed by atoms with Crippen LogP contribution in [0.25, 0.3) is 0 Å². The fraction of sp³-hybridized carbons (Fsp3) is 0.750. The normalized spacial score (nSPS) is 15.9. The number of carbonyl (C=O) groups is 1. The van der Waals surface area contributed by atoms with Gasteiger partial charge in [0.05, 0.1) is 0 Å². The molecule has 0 aliphatic heterocycles. The standard InChI is InChI=1S/C12H8F14O2/c1-4(5(27)28)2-3-7(15,16)9(19,20)11(23,24)12(25,26)10(21,22)8(17,18)6(13)14/h2,6H,3H2,1H3,(H,27,28). The molecule has 0 saturated heterocycles. The third kappa shape index (κ3) is 3.73. The highest BCUT2D eigenvalue weighted by Crippen LogP contribution is 2.61. The van der Waals surface area contributed by atoms with Crippen molar-refractivity contribution in [2.45, 2.75) is 55.3 Å². The molecule has 1 N–H and O–H groups in total. The number of hydrogen-bond acceptors (Lipinski definition) is 1. The molecule has 0 heterocycles. The predicted molar refractivity (Wildman–Crippen MR) is 61.7 cm³/mol. The van der Waals surface area contributed by atoms with Gasteiger partial charge in [-0.2, -0.15) is 52.7 Å². The summed E-state index contributed by atoms with van der Waals surface area (Å²) in [6.07, 6.45) is -8.84. The van der Waals surface area contributed by atoms with Crippen LogP contribution in [0.1, 0.15) is 13.3 Å². The van der Waals surface area contributed by atoms with Gasteiger partial charge in [-0.15, -0.1) is 0 Å². The maximum absolute atomic E-state index is 13.3. The smallest absolute Gasteiger partial charge is 0.384 e. The van der Waals surface area contributed by atoms with E-state index in [-0.39, 0.29) is 6.08 Å². The van der Waals surface area contributed by atoms with Crippen LogP contribution in [0.4, 0.5) is 61.5 Å². The summed E-state index contributed by atoms with van der Waals surface area (Å²) < 4.78 is 181. The van der Waals surface area contributed by atoms with Crippen molar-refractivity contribution < 1.29 is 71.4 Å². The van der Waals surface area contributed by atoms with Crippen LogP contribution < -0.4 is 0 Å². The van der Waals surface area contributed by atoms with Gasteiger partial charge in [0.1, 0.15) is 0 Å². The number of aliphatic carboxylic acids is 1. The Hall–Kier alpha value is -1.77. The van der Waals surface area contributed by atoms with Gasteiger partial charge < -0.3 is 5.11 Å². The van der Waals surface area contributed by atoms with E-state index in [4.69, 9.17) is 5.11 Å². The number of carboxylic acids is 1. The molecule has 16 heteroatoms. The Bertz CT molecular complexity index is 622. The summed E-state index contributed by atoms with van der Waals surface area (Å²) in [6.45, 7) is 0.473. The van der Waals surface area contributed by atoms with Gasteiger partial charge in [0.15, 0.2) is 0 Å². The summed E-state index contributed by atoms with van der Waals surface area (Å²) in [5.74, 6) is -47.2. The second-order valence-electron chi connectivity index (χ2n) is 5.32. The van der Waals surface area contributed by atoms with E-state index in [0.29, 0.717) is 6.92 Å². The SMILES string of the molecule is CC(=CCC(F)(F)C(F)(F)C(F)(F)C(F)(F)C(F)(F)C(F)(F)C(F)F)C(=O)O. The first-order valence-electron chi connectivity index (χ1n) is 6.47. The van der Waals surface area contributed by atoms with E-state index in [0.717, 1.165) is 0 Å². The molecule has 0 aliphatic rings. The molecule has 0 fully saturated rings. The van der Waals surface area contributed by atoms with E-state index >= 15 is 0 Å². The van der Waals surface area contributed by atoms with E-state index in [2.05, 4.69) is 0 Å². The average molecular weight is 450 g/mol. The predicted octanol–water partition coefficient (Wildman–Crippen LogP) is 5.48. The largest absolute Gasteiger partial charge is 0.478 e. The highest BCUT2D eigenvalue weighted by Gasteiger charge is 2.90. The topological polar surface area (TPSA) is 37.3 Å². The van der Waals surface area contributed by atoms with Crippen LogP contribution in [-0.2, 0) is 4.79 Å². The summed E-state index contributed by atoms with van der Waals surface area (Å²) >= 11 is 0. The molecule has 0 unspecified atom stereocenters. The lowest BCUT2D eigenvalue weighted by Crippen LogP contribution is -2.71. The van der Waals surface area contributed by atoms with E-state index < -0.39 is 59.9 Å². The van der Waals surface area contributed by atoms with E-state index in [1.165, 1.54) is 0 Å². The lowest BCUT2D eigenvalue weighted by molar-refractivity contribution is -0.432. The second-order valence-corrected chi connectivity index (χ2v) is 5.32. The number of carboxylic acid groups (broad SMARTS) is 1. The van der Waals surface area contributed by atoms with Gasteiger partial charge in [-0.25, -0.2) is 13.6 Å². The number of alkyl halides is 14. The molecule has 0 aromatic rings. The fourth-order valence-electron chi connectivity index (χ4n) is 1.47. The van der Waals surface area contributed by atoms with Crippen molar-refractivity contribution in [3.8, 4) is 0 Å². The summed E-state index contributed by atoms with van der Waals surface area (Å²) in [5.41, 5.74) is -1.18. The molecule has 0 bridgehead atoms. The van der Waals surface area contributed by atoms with Gasteiger partial charge in [-0.05, 0) is 6.92 Å². The van der Waals surface area contributed by atoms with Gasteiger partial charge in [0, 0.05) is 12.0 Å². The molecule has 0 radical (unpaired) electrons. The van der Waals surface area contributed by atoms with Gasteiger partial charge in [0.2, 0.25) is 0 Å². The zero-order valence-electron chi connectivity index (χ0n) is 13.0. The van der Waals surface area contributed by atoms with Gasteiger partial charge in [-0.1, -0.05) is 6.08 Å². The Morgan fingerprint density at radius 3 is 1.46 bits per heavy atom. The number of rotatable bonds is 9. The first-order valence-corrected chi connectivity index (χ1v) is 6.47. The Morgan fingerprint density at radius 1 is 0.786 bits per heavy atom. The van der Waals surface area contributed by atoms with Crippen molar-refractivity contribution >= 4 is 5.97 Å². The average Bonchev–Trinajstić information content (AvgIpc) is 2.51. The molecular weight excluding hydrogens is 442 g/mol. The van der Waals surface area contributed by atoms with Gasteiger partial charge >= 0.3 is 47.9 Å². The molecule has 0 aromatic carbocycles. The number of hydrogen-bond donors (Lipinski definition) is 1. The maximum Gasteiger partial charge on any atom is 0.384 e. The van der Waals surface area contributed by atoms with Crippen molar-refractivity contribution in [3.05, 3.63) is 11.6 Å². The second kappa shape index (κ2) is 7.24.